The molecule has 0 unspecified atom stereocenters. The number of hydrogen-bond acceptors (Lipinski definition) is 11. The molecule has 6 atom stereocenters. The second-order valence-electron chi connectivity index (χ2n) is 17.0. The van der Waals surface area contributed by atoms with E-state index < -0.39 is 85.4 Å². The highest BCUT2D eigenvalue weighted by atomic mass is 32.2. The number of allylic oxidation sites excluding steroid dienone is 1. The van der Waals surface area contributed by atoms with Gasteiger partial charge in [-0.1, -0.05) is 52.3 Å². The van der Waals surface area contributed by atoms with Gasteiger partial charge in [0.05, 0.1) is 28.2 Å². The number of esters is 1. The van der Waals surface area contributed by atoms with Crippen molar-refractivity contribution in [3.63, 3.8) is 0 Å². The van der Waals surface area contributed by atoms with Gasteiger partial charge in [-0.05, 0) is 99.9 Å². The number of aryl methyl sites for hydroxylation is 1. The smallest absolute Gasteiger partial charge is 0.450 e. The second kappa shape index (κ2) is 14.4. The first-order valence-electron chi connectivity index (χ1n) is 19.0. The van der Waals surface area contributed by atoms with Crippen LogP contribution in [0.4, 0.5) is 4.79 Å². The largest absolute Gasteiger partial charge is 0.509 e. The summed E-state index contributed by atoms with van der Waals surface area (Å²) in [5, 5.41) is 4.53. The number of fused-ring (bicyclic) bond motifs is 3. The summed E-state index contributed by atoms with van der Waals surface area (Å²) in [6.07, 6.45) is -4.61. The van der Waals surface area contributed by atoms with E-state index in [1.165, 1.54) is 19.1 Å². The number of carbonyl (C=O) groups is 3. The maximum absolute atomic E-state index is 15.8. The molecule has 15 heteroatoms. The summed E-state index contributed by atoms with van der Waals surface area (Å²) in [6.45, 7) is 24.8. The minimum atomic E-state index is -4.09. The van der Waals surface area contributed by atoms with Crippen LogP contribution in [0.25, 0.3) is 0 Å². The van der Waals surface area contributed by atoms with Gasteiger partial charge in [0.15, 0.2) is 40.2 Å². The molecular weight excluding hydrogens is 745 g/mol. The Labute approximate surface area is 322 Å². The molecule has 1 aromatic carbocycles. The zero-order valence-electron chi connectivity index (χ0n) is 34.1. The summed E-state index contributed by atoms with van der Waals surface area (Å²) in [7, 11) is -8.85. The van der Waals surface area contributed by atoms with E-state index >= 15 is 4.79 Å². The van der Waals surface area contributed by atoms with Crippen LogP contribution >= 0.6 is 0 Å². The monoisotopic (exact) mass is 802 g/mol. The van der Waals surface area contributed by atoms with Gasteiger partial charge in [0.1, 0.15) is 0 Å². The maximum Gasteiger partial charge on any atom is 0.509 e. The number of ketones is 1. The first-order valence-corrected chi connectivity index (χ1v) is 26.4. The number of hydrazone groups is 1. The van der Waals surface area contributed by atoms with E-state index in [2.05, 4.69) is 50.3 Å². The summed E-state index contributed by atoms with van der Waals surface area (Å²) in [4.78, 5) is 44.9. The summed E-state index contributed by atoms with van der Waals surface area (Å²) in [6, 6.07) is 8.72. The van der Waals surface area contributed by atoms with Crippen LogP contribution in [0.5, 0.6) is 0 Å². The van der Waals surface area contributed by atoms with Crippen molar-refractivity contribution in [1.29, 1.82) is 0 Å². The van der Waals surface area contributed by atoms with Gasteiger partial charge in [-0.3, -0.25) is 9.59 Å². The first-order chi connectivity index (χ1) is 24.9. The van der Waals surface area contributed by atoms with Crippen molar-refractivity contribution in [1.82, 2.24) is 4.83 Å². The highest BCUT2D eigenvalue weighted by Crippen LogP contribution is 2.63. The summed E-state index contributed by atoms with van der Waals surface area (Å²) >= 11 is 0. The van der Waals surface area contributed by atoms with Gasteiger partial charge in [-0.25, -0.2) is 4.79 Å². The predicted molar refractivity (Wildman–Crippen MR) is 210 cm³/mol. The Morgan fingerprint density at radius 3 is 2.09 bits per heavy atom. The van der Waals surface area contributed by atoms with Gasteiger partial charge < -0.3 is 23.1 Å². The highest BCUT2D eigenvalue weighted by molar-refractivity contribution is 7.89. The molecular formula is C39H58N2O10SSi2. The van der Waals surface area contributed by atoms with E-state index in [1.807, 2.05) is 27.7 Å². The molecule has 1 saturated carbocycles. The molecule has 1 aliphatic heterocycles. The molecule has 1 aromatic rings. The van der Waals surface area contributed by atoms with Crippen molar-refractivity contribution < 1.29 is 45.9 Å². The average molecular weight is 803 g/mol. The second-order valence-corrected chi connectivity index (χ2v) is 27.8. The quantitative estimate of drug-likeness (QED) is 0.103. The van der Waals surface area contributed by atoms with Gasteiger partial charge in [0, 0.05) is 25.2 Å². The number of rotatable bonds is 11. The van der Waals surface area contributed by atoms with E-state index in [0.29, 0.717) is 22.4 Å². The fraction of sp³-hybridized carbons (Fsp3) is 0.641. The fourth-order valence-electron chi connectivity index (χ4n) is 9.15. The standard InChI is InChI=1S/C39H58N2O10SSi2/c1-14-54(15-2,16-3)51-30-21-28(40-41-52(45,46)27-19-17-23(4)18-20-27)24(5)32-35-39(49-36(44)48-35)22-29(50-53(11,12)13)25(6)31(37(39,8)9)33(47-26(7)42)34(43)38(30,32)10/h17-20,29-30,33,35,41H,14-16,21-22H2,1-13H3/b40-28+/t29-,30-,33+,35-,38+,39+/m0/s1. The van der Waals surface area contributed by atoms with Crippen molar-refractivity contribution in [2.45, 2.75) is 155 Å². The van der Waals surface area contributed by atoms with Crippen LogP contribution in [0.1, 0.15) is 80.7 Å². The predicted octanol–water partition coefficient (Wildman–Crippen LogP) is 7.50. The SMILES string of the molecule is CC[Si](CC)(CC)O[C@H]1C/C(=N\NS(=O)(=O)c2ccc(C)cc2)C(C)=C2[C@@H]3OC(=O)O[C@]34C[C@H](O[Si](C)(C)C)C(C)=C([C@@H](OC(C)=O)C(=O)[C@@]21C)C4(C)C. The Kier molecular flexibility index (Phi) is 11.2. The molecule has 4 aliphatic rings. The number of nitrogens with zero attached hydrogens (tertiary/aromatic N) is 1. The molecule has 12 nitrogen and oxygen atoms in total. The van der Waals surface area contributed by atoms with E-state index in [0.717, 1.165) is 29.3 Å². The minimum absolute atomic E-state index is 0.0418. The minimum Gasteiger partial charge on any atom is -0.450 e. The zero-order valence-corrected chi connectivity index (χ0v) is 36.9. The Morgan fingerprint density at radius 1 is 0.963 bits per heavy atom. The first kappa shape index (κ1) is 42.0. The molecule has 1 saturated heterocycles. The van der Waals surface area contributed by atoms with Crippen molar-refractivity contribution in [3.05, 3.63) is 52.1 Å². The number of benzene rings is 1. The van der Waals surface area contributed by atoms with Crippen LogP contribution in [-0.2, 0) is 42.7 Å². The molecule has 0 amide bonds. The molecule has 0 aromatic heterocycles. The normalized spacial score (nSPS) is 30.6. The lowest BCUT2D eigenvalue weighted by Crippen LogP contribution is -2.68. The van der Waals surface area contributed by atoms with Crippen molar-refractivity contribution >= 4 is 50.3 Å². The number of hydrogen-bond donors (Lipinski definition) is 1. The number of ether oxygens (including phenoxy) is 3. The molecule has 2 fully saturated rings. The topological polar surface area (TPSA) is 156 Å². The van der Waals surface area contributed by atoms with Crippen molar-refractivity contribution in [2.24, 2.45) is 15.9 Å². The van der Waals surface area contributed by atoms with Crippen LogP contribution in [-0.4, -0.2) is 78.7 Å². The number of carbonyl (C=O) groups excluding carboxylic acids is 3. The molecule has 1 spiro atoms. The van der Waals surface area contributed by atoms with Crippen LogP contribution in [0.3, 0.4) is 0 Å². The molecule has 1 heterocycles. The van der Waals surface area contributed by atoms with E-state index in [9.17, 15) is 18.0 Å². The van der Waals surface area contributed by atoms with Gasteiger partial charge in [0.25, 0.3) is 10.0 Å². The van der Waals surface area contributed by atoms with E-state index in [1.54, 1.807) is 26.0 Å². The Bertz CT molecular complexity index is 1900. The maximum atomic E-state index is 15.8. The van der Waals surface area contributed by atoms with Crippen LogP contribution in [0, 0.1) is 17.8 Å². The summed E-state index contributed by atoms with van der Waals surface area (Å²) in [5.74, 6) is -1.06. The number of sulfonamides is 1. The zero-order chi connectivity index (χ0) is 40.4. The number of Topliss-reactive ketones (excluding diaryl/α,β-unsaturated/α-hetero) is 1. The lowest BCUT2D eigenvalue weighted by molar-refractivity contribution is -0.163. The van der Waals surface area contributed by atoms with Gasteiger partial charge in [-0.2, -0.15) is 18.4 Å². The molecule has 0 radical (unpaired) electrons. The van der Waals surface area contributed by atoms with E-state index in [-0.39, 0.29) is 17.7 Å². The van der Waals surface area contributed by atoms with Crippen LogP contribution < -0.4 is 4.83 Å². The van der Waals surface area contributed by atoms with Gasteiger partial charge in [-0.15, -0.1) is 0 Å². The molecule has 3 aliphatic carbocycles. The molecule has 1 N–H and O–H groups in total. The third-order valence-electron chi connectivity index (χ3n) is 12.5. The highest BCUT2D eigenvalue weighted by Gasteiger charge is 2.73. The molecule has 54 heavy (non-hydrogen) atoms. The average Bonchev–Trinajstić information content (AvgIpc) is 3.41. The summed E-state index contributed by atoms with van der Waals surface area (Å²) in [5.41, 5.74) is -0.697. The molecule has 298 valence electrons. The van der Waals surface area contributed by atoms with Gasteiger partial charge >= 0.3 is 12.1 Å². The fourth-order valence-corrected chi connectivity index (χ4v) is 14.0. The van der Waals surface area contributed by atoms with Crippen molar-refractivity contribution in [2.75, 3.05) is 0 Å². The molecule has 2 bridgehead atoms. The third-order valence-corrected chi connectivity index (χ3v) is 19.3. The van der Waals surface area contributed by atoms with Crippen molar-refractivity contribution in [3.8, 4) is 0 Å². The lowest BCUT2D eigenvalue weighted by Gasteiger charge is -2.58. The Balaban J connectivity index is 1.86. The number of nitrogens with one attached hydrogen (secondary N) is 1. The van der Waals surface area contributed by atoms with Crippen LogP contribution in [0.2, 0.25) is 37.8 Å². The molecule has 5 rings (SSSR count). The van der Waals surface area contributed by atoms with Gasteiger partial charge in [0.2, 0.25) is 0 Å². The Hall–Kier alpha value is -3.12. The third kappa shape index (κ3) is 6.96. The lowest BCUT2D eigenvalue weighted by atomic mass is 9.50. The van der Waals surface area contributed by atoms with Crippen LogP contribution in [0.15, 0.2) is 56.6 Å². The summed E-state index contributed by atoms with van der Waals surface area (Å²) < 4.78 is 59.9. The Morgan fingerprint density at radius 2 is 1.56 bits per heavy atom. The van der Waals surface area contributed by atoms with E-state index in [4.69, 9.17) is 23.1 Å².